The Labute approximate surface area is 143 Å². The van der Waals surface area contributed by atoms with E-state index in [1.807, 2.05) is 31.2 Å². The number of halogens is 2. The number of ether oxygens (including phenoxy) is 1. The molecule has 0 atom stereocenters. The van der Waals surface area contributed by atoms with Crippen molar-refractivity contribution in [2.24, 2.45) is 0 Å². The first-order chi connectivity index (χ1) is 10.5. The molecule has 0 unspecified atom stereocenters. The third kappa shape index (κ3) is 4.36. The number of nitrogens with one attached hydrogen (secondary N) is 1. The zero-order valence-electron chi connectivity index (χ0n) is 12.2. The zero-order valence-corrected chi connectivity index (χ0v) is 14.5. The minimum atomic E-state index is -0.197. The second kappa shape index (κ2) is 7.47. The highest BCUT2D eigenvalue weighted by atomic mass is 79.9. The predicted octanol–water partition coefficient (Wildman–Crippen LogP) is 5.07. The smallest absolute Gasteiger partial charge is 0.248 e. The SMILES string of the molecule is COc1ccc(/C=C/C(=O)Nc2ccc(Cl)cc2C)cc1Br. The molecule has 1 amide bonds. The van der Waals surface area contributed by atoms with Crippen molar-refractivity contribution in [1.29, 1.82) is 0 Å². The highest BCUT2D eigenvalue weighted by Gasteiger charge is 2.03. The summed E-state index contributed by atoms with van der Waals surface area (Å²) in [5.74, 6) is 0.552. The number of carbonyl (C=O) groups is 1. The van der Waals surface area contributed by atoms with Gasteiger partial charge in [0.05, 0.1) is 11.6 Å². The Morgan fingerprint density at radius 3 is 2.68 bits per heavy atom. The van der Waals surface area contributed by atoms with Gasteiger partial charge >= 0.3 is 0 Å². The lowest BCUT2D eigenvalue weighted by Crippen LogP contribution is -2.08. The summed E-state index contributed by atoms with van der Waals surface area (Å²) in [5, 5.41) is 3.47. The monoisotopic (exact) mass is 379 g/mol. The molecule has 2 aromatic carbocycles. The van der Waals surface area contributed by atoms with Gasteiger partial charge in [0.1, 0.15) is 5.75 Å². The number of benzene rings is 2. The molecule has 2 aromatic rings. The first kappa shape index (κ1) is 16.6. The topological polar surface area (TPSA) is 38.3 Å². The predicted molar refractivity (Wildman–Crippen MR) is 94.5 cm³/mol. The molecule has 0 saturated carbocycles. The van der Waals surface area contributed by atoms with Gasteiger partial charge in [0.2, 0.25) is 5.91 Å². The maximum absolute atomic E-state index is 12.0. The highest BCUT2D eigenvalue weighted by Crippen LogP contribution is 2.26. The number of rotatable bonds is 4. The summed E-state index contributed by atoms with van der Waals surface area (Å²) >= 11 is 9.31. The van der Waals surface area contributed by atoms with Gasteiger partial charge in [-0.05, 0) is 70.4 Å². The van der Waals surface area contributed by atoms with Crippen LogP contribution < -0.4 is 10.1 Å². The Hall–Kier alpha value is -1.78. The third-order valence-electron chi connectivity index (χ3n) is 3.05. The zero-order chi connectivity index (χ0) is 16.1. The molecule has 0 saturated heterocycles. The molecule has 22 heavy (non-hydrogen) atoms. The highest BCUT2D eigenvalue weighted by molar-refractivity contribution is 9.10. The van der Waals surface area contributed by atoms with Crippen molar-refractivity contribution in [1.82, 2.24) is 0 Å². The maximum Gasteiger partial charge on any atom is 0.248 e. The summed E-state index contributed by atoms with van der Waals surface area (Å²) in [7, 11) is 1.61. The van der Waals surface area contributed by atoms with E-state index in [4.69, 9.17) is 16.3 Å². The number of methoxy groups -OCH3 is 1. The fourth-order valence-corrected chi connectivity index (χ4v) is 2.68. The number of anilines is 1. The number of aryl methyl sites for hydroxylation is 1. The maximum atomic E-state index is 12.0. The van der Waals surface area contributed by atoms with Gasteiger partial charge in [-0.2, -0.15) is 0 Å². The van der Waals surface area contributed by atoms with Gasteiger partial charge in [0.25, 0.3) is 0 Å². The molecule has 0 fully saturated rings. The Bertz CT molecular complexity index is 729. The van der Waals surface area contributed by atoms with Crippen molar-refractivity contribution in [3.63, 3.8) is 0 Å². The van der Waals surface area contributed by atoms with Crippen molar-refractivity contribution in [3.8, 4) is 5.75 Å². The Balaban J connectivity index is 2.06. The summed E-state index contributed by atoms with van der Waals surface area (Å²) in [4.78, 5) is 12.0. The van der Waals surface area contributed by atoms with Gasteiger partial charge in [0.15, 0.2) is 0 Å². The summed E-state index contributed by atoms with van der Waals surface area (Å²) in [6, 6.07) is 10.9. The molecular formula is C17H15BrClNO2. The standard InChI is InChI=1S/C17H15BrClNO2/c1-11-9-13(19)5-6-15(11)20-17(21)8-4-12-3-7-16(22-2)14(18)10-12/h3-10H,1-2H3,(H,20,21)/b8-4+. The molecule has 3 nitrogen and oxygen atoms in total. The van der Waals surface area contributed by atoms with Gasteiger partial charge in [-0.3, -0.25) is 4.79 Å². The number of hydrogen-bond acceptors (Lipinski definition) is 2. The number of amides is 1. The molecule has 0 radical (unpaired) electrons. The summed E-state index contributed by atoms with van der Waals surface area (Å²) in [5.41, 5.74) is 2.56. The average molecular weight is 381 g/mol. The van der Waals surface area contributed by atoms with Crippen LogP contribution in [0.4, 0.5) is 5.69 Å². The summed E-state index contributed by atoms with van der Waals surface area (Å²) in [6.45, 7) is 1.89. The van der Waals surface area contributed by atoms with Crippen molar-refractivity contribution < 1.29 is 9.53 Å². The molecule has 5 heteroatoms. The molecule has 1 N–H and O–H groups in total. The molecule has 114 valence electrons. The van der Waals surface area contributed by atoms with Crippen LogP contribution in [0.15, 0.2) is 46.9 Å². The fourth-order valence-electron chi connectivity index (χ4n) is 1.90. The molecule has 0 aliphatic heterocycles. The summed E-state index contributed by atoms with van der Waals surface area (Å²) < 4.78 is 6.01. The van der Waals surface area contributed by atoms with Crippen LogP contribution in [0.3, 0.4) is 0 Å². The molecular weight excluding hydrogens is 366 g/mol. The van der Waals surface area contributed by atoms with Crippen molar-refractivity contribution in [3.05, 3.63) is 63.1 Å². The van der Waals surface area contributed by atoms with E-state index in [1.54, 1.807) is 25.3 Å². The van der Waals surface area contributed by atoms with Crippen LogP contribution in [-0.2, 0) is 4.79 Å². The van der Waals surface area contributed by atoms with Crippen molar-refractivity contribution in [2.45, 2.75) is 6.92 Å². The molecule has 2 rings (SSSR count). The van der Waals surface area contributed by atoms with Crippen LogP contribution in [0.5, 0.6) is 5.75 Å². The van der Waals surface area contributed by atoms with E-state index in [9.17, 15) is 4.79 Å². The average Bonchev–Trinajstić information content (AvgIpc) is 2.48. The van der Waals surface area contributed by atoms with E-state index in [2.05, 4.69) is 21.2 Å². The van der Waals surface area contributed by atoms with Gasteiger partial charge in [0, 0.05) is 16.8 Å². The van der Waals surface area contributed by atoms with E-state index in [0.29, 0.717) is 5.02 Å². The summed E-state index contributed by atoms with van der Waals surface area (Å²) in [6.07, 6.45) is 3.23. The van der Waals surface area contributed by atoms with Crippen molar-refractivity contribution >= 4 is 45.2 Å². The molecule has 0 aliphatic carbocycles. The van der Waals surface area contributed by atoms with Gasteiger partial charge in [-0.1, -0.05) is 17.7 Å². The van der Waals surface area contributed by atoms with Crippen LogP contribution in [0.25, 0.3) is 6.08 Å². The third-order valence-corrected chi connectivity index (χ3v) is 3.90. The second-order valence-corrected chi connectivity index (χ2v) is 5.97. The van der Waals surface area contributed by atoms with Crippen LogP contribution in [0.2, 0.25) is 5.02 Å². The number of hydrogen-bond donors (Lipinski definition) is 1. The van der Waals surface area contributed by atoms with Crippen LogP contribution in [0, 0.1) is 6.92 Å². The second-order valence-electron chi connectivity index (χ2n) is 4.68. The molecule has 0 aromatic heterocycles. The van der Waals surface area contributed by atoms with E-state index < -0.39 is 0 Å². The normalized spacial score (nSPS) is 10.7. The lowest BCUT2D eigenvalue weighted by atomic mass is 10.2. The Kier molecular flexibility index (Phi) is 5.63. The lowest BCUT2D eigenvalue weighted by molar-refractivity contribution is -0.111. The first-order valence-corrected chi connectivity index (χ1v) is 7.75. The van der Waals surface area contributed by atoms with Crippen molar-refractivity contribution in [2.75, 3.05) is 12.4 Å². The van der Waals surface area contributed by atoms with E-state index in [1.165, 1.54) is 6.08 Å². The van der Waals surface area contributed by atoms with Crippen LogP contribution in [0.1, 0.15) is 11.1 Å². The lowest BCUT2D eigenvalue weighted by Gasteiger charge is -2.06. The Morgan fingerprint density at radius 1 is 1.27 bits per heavy atom. The van der Waals surface area contributed by atoms with Gasteiger partial charge < -0.3 is 10.1 Å². The quantitative estimate of drug-likeness (QED) is 0.752. The molecule has 0 bridgehead atoms. The fraction of sp³-hybridized carbons (Fsp3) is 0.118. The largest absolute Gasteiger partial charge is 0.496 e. The molecule has 0 heterocycles. The molecule has 0 spiro atoms. The Morgan fingerprint density at radius 2 is 2.05 bits per heavy atom. The van der Waals surface area contributed by atoms with Gasteiger partial charge in [-0.25, -0.2) is 0 Å². The van der Waals surface area contributed by atoms with Crippen LogP contribution in [-0.4, -0.2) is 13.0 Å². The van der Waals surface area contributed by atoms with E-state index >= 15 is 0 Å². The minimum Gasteiger partial charge on any atom is -0.496 e. The van der Waals surface area contributed by atoms with E-state index in [0.717, 1.165) is 27.0 Å². The first-order valence-electron chi connectivity index (χ1n) is 6.58. The van der Waals surface area contributed by atoms with E-state index in [-0.39, 0.29) is 5.91 Å². The number of carbonyl (C=O) groups excluding carboxylic acids is 1. The van der Waals surface area contributed by atoms with Crippen LogP contribution >= 0.6 is 27.5 Å². The minimum absolute atomic E-state index is 0.197. The van der Waals surface area contributed by atoms with Gasteiger partial charge in [-0.15, -0.1) is 0 Å². The molecule has 0 aliphatic rings.